The molecule has 35 heavy (non-hydrogen) atoms. The van der Waals surface area contributed by atoms with Crippen LogP contribution in [0.5, 0.6) is 0 Å². The third kappa shape index (κ3) is 5.43. The molecule has 2 fully saturated rings. The Hall–Kier alpha value is -1.54. The van der Waals surface area contributed by atoms with E-state index in [0.29, 0.717) is 16.6 Å². The number of halogens is 3. The van der Waals surface area contributed by atoms with Crippen LogP contribution in [0.1, 0.15) is 30.0 Å². The number of rotatable bonds is 6. The highest BCUT2D eigenvalue weighted by Crippen LogP contribution is 2.32. The van der Waals surface area contributed by atoms with Crippen LogP contribution in [0.15, 0.2) is 35.1 Å². The molecule has 0 radical (unpaired) electrons. The molecule has 1 aromatic heterocycles. The summed E-state index contributed by atoms with van der Waals surface area (Å²) in [4.78, 5) is 18.5. The van der Waals surface area contributed by atoms with Crippen LogP contribution in [-0.4, -0.2) is 64.9 Å². The van der Waals surface area contributed by atoms with E-state index in [4.69, 9.17) is 39.5 Å². The summed E-state index contributed by atoms with van der Waals surface area (Å²) in [5, 5.41) is 1.73. The van der Waals surface area contributed by atoms with Gasteiger partial charge in [0.05, 0.1) is 34.3 Å². The zero-order chi connectivity index (χ0) is 24.5. The maximum Gasteiger partial charge on any atom is 0.329 e. The minimum Gasteiger partial charge on any atom is -0.379 e. The van der Waals surface area contributed by atoms with Crippen molar-refractivity contribution in [1.29, 1.82) is 0 Å². The molecule has 3 heterocycles. The quantitative estimate of drug-likeness (QED) is 0.431. The van der Waals surface area contributed by atoms with E-state index < -0.39 is 0 Å². The second kappa shape index (κ2) is 10.8. The Balaban J connectivity index is 1.36. The van der Waals surface area contributed by atoms with Gasteiger partial charge in [0.15, 0.2) is 0 Å². The van der Waals surface area contributed by atoms with E-state index in [2.05, 4.69) is 22.8 Å². The van der Waals surface area contributed by atoms with Crippen molar-refractivity contribution in [2.75, 3.05) is 45.9 Å². The number of aromatic nitrogens is 2. The lowest BCUT2D eigenvalue weighted by molar-refractivity contribution is 0.0364. The Bertz CT molecular complexity index is 1260. The van der Waals surface area contributed by atoms with Crippen LogP contribution < -0.4 is 5.69 Å². The number of hydrogen-bond donors (Lipinski definition) is 0. The third-order valence-electron chi connectivity index (χ3n) is 7.37. The number of morpholine rings is 1. The molecule has 0 amide bonds. The number of likely N-dealkylation sites (tertiary alicyclic amines) is 1. The van der Waals surface area contributed by atoms with E-state index >= 15 is 0 Å². The minimum absolute atomic E-state index is 0.0265. The fraction of sp³-hybridized carbons (Fsp3) is 0.500. The summed E-state index contributed by atoms with van der Waals surface area (Å²) in [7, 11) is 0. The molecule has 0 unspecified atom stereocenters. The number of piperidine rings is 1. The zero-order valence-corrected chi connectivity index (χ0v) is 22.2. The predicted octanol–water partition coefficient (Wildman–Crippen LogP) is 5.24. The Morgan fingerprint density at radius 3 is 2.26 bits per heavy atom. The van der Waals surface area contributed by atoms with Crippen molar-refractivity contribution in [1.82, 2.24) is 18.9 Å². The van der Waals surface area contributed by atoms with Gasteiger partial charge >= 0.3 is 5.69 Å². The molecule has 0 spiro atoms. The molecule has 0 N–H and O–H groups in total. The van der Waals surface area contributed by atoms with Crippen molar-refractivity contribution in [3.63, 3.8) is 0 Å². The van der Waals surface area contributed by atoms with E-state index in [-0.39, 0.29) is 11.7 Å². The number of hydrogen-bond acceptors (Lipinski definition) is 4. The largest absolute Gasteiger partial charge is 0.379 e. The lowest BCUT2D eigenvalue weighted by Crippen LogP contribution is -2.40. The molecule has 2 aliphatic heterocycles. The molecule has 188 valence electrons. The van der Waals surface area contributed by atoms with Gasteiger partial charge in [0.2, 0.25) is 0 Å². The molecule has 0 atom stereocenters. The number of ether oxygens (including phenoxy) is 1. The van der Waals surface area contributed by atoms with Gasteiger partial charge in [-0.2, -0.15) is 0 Å². The molecule has 2 saturated heterocycles. The molecule has 0 aliphatic carbocycles. The predicted molar refractivity (Wildman–Crippen MR) is 143 cm³/mol. The van der Waals surface area contributed by atoms with Gasteiger partial charge in [0.25, 0.3) is 0 Å². The smallest absolute Gasteiger partial charge is 0.329 e. The maximum atomic E-state index is 13.7. The van der Waals surface area contributed by atoms with Crippen molar-refractivity contribution in [2.24, 2.45) is 0 Å². The van der Waals surface area contributed by atoms with Gasteiger partial charge in [-0.15, -0.1) is 0 Å². The molecule has 2 aromatic carbocycles. The minimum atomic E-state index is 0.0265. The third-order valence-corrected chi connectivity index (χ3v) is 8.33. The summed E-state index contributed by atoms with van der Waals surface area (Å²) in [5.74, 6) is 0. The van der Waals surface area contributed by atoms with Crippen LogP contribution in [0.3, 0.4) is 0 Å². The molecule has 3 aromatic rings. The van der Waals surface area contributed by atoms with Gasteiger partial charge < -0.3 is 4.74 Å². The molecule has 0 bridgehead atoms. The lowest BCUT2D eigenvalue weighted by atomic mass is 10.0. The summed E-state index contributed by atoms with van der Waals surface area (Å²) < 4.78 is 9.29. The number of nitrogens with zero attached hydrogens (tertiary/aromatic N) is 4. The van der Waals surface area contributed by atoms with E-state index in [1.807, 2.05) is 33.4 Å². The average Bonchev–Trinajstić information content (AvgIpc) is 3.11. The van der Waals surface area contributed by atoms with E-state index in [1.165, 1.54) is 11.1 Å². The van der Waals surface area contributed by atoms with Crippen LogP contribution in [0.25, 0.3) is 11.0 Å². The standard InChI is InChI=1S/C26H31Cl3N4O2/c1-18-14-20(27)3-2-19(18)17-31-6-4-21(5-7-31)33-25-16-23(29)22(28)15-24(25)32(26(33)34)9-8-30-10-12-35-13-11-30/h2-3,14-16,21H,4-13,17H2,1H3. The first-order chi connectivity index (χ1) is 16.9. The highest BCUT2D eigenvalue weighted by molar-refractivity contribution is 6.42. The fourth-order valence-electron chi connectivity index (χ4n) is 5.32. The molecular formula is C26H31Cl3N4O2. The van der Waals surface area contributed by atoms with Gasteiger partial charge in [-0.05, 0) is 55.2 Å². The van der Waals surface area contributed by atoms with Crippen LogP contribution >= 0.6 is 34.8 Å². The average molecular weight is 538 g/mol. The van der Waals surface area contributed by atoms with Crippen LogP contribution in [-0.2, 0) is 17.8 Å². The SMILES string of the molecule is Cc1cc(Cl)ccc1CN1CCC(n2c(=O)n(CCN3CCOCC3)c3cc(Cl)c(Cl)cc32)CC1. The molecular weight excluding hydrogens is 507 g/mol. The van der Waals surface area contributed by atoms with Gasteiger partial charge in [-0.3, -0.25) is 18.9 Å². The van der Waals surface area contributed by atoms with Crippen molar-refractivity contribution in [3.05, 3.63) is 67.0 Å². The highest BCUT2D eigenvalue weighted by Gasteiger charge is 2.26. The Morgan fingerprint density at radius 2 is 1.57 bits per heavy atom. The molecule has 9 heteroatoms. The first-order valence-electron chi connectivity index (χ1n) is 12.3. The summed E-state index contributed by atoms with van der Waals surface area (Å²) in [5.41, 5.74) is 4.27. The molecule has 2 aliphatic rings. The normalized spacial score (nSPS) is 18.5. The van der Waals surface area contributed by atoms with E-state index in [1.54, 1.807) is 0 Å². The molecule has 5 rings (SSSR count). The Labute approximate surface area is 220 Å². The number of imidazole rings is 1. The molecule has 6 nitrogen and oxygen atoms in total. The van der Waals surface area contributed by atoms with Crippen molar-refractivity contribution >= 4 is 45.8 Å². The van der Waals surface area contributed by atoms with Crippen molar-refractivity contribution in [2.45, 2.75) is 38.9 Å². The maximum absolute atomic E-state index is 13.7. The van der Waals surface area contributed by atoms with Crippen molar-refractivity contribution < 1.29 is 4.74 Å². The van der Waals surface area contributed by atoms with Gasteiger partial charge in [-0.1, -0.05) is 40.9 Å². The topological polar surface area (TPSA) is 42.6 Å². The first kappa shape index (κ1) is 25.1. The van der Waals surface area contributed by atoms with Crippen LogP contribution in [0.2, 0.25) is 15.1 Å². The lowest BCUT2D eigenvalue weighted by Gasteiger charge is -2.33. The van der Waals surface area contributed by atoms with Crippen LogP contribution in [0, 0.1) is 6.92 Å². The van der Waals surface area contributed by atoms with Gasteiger partial charge in [-0.25, -0.2) is 4.79 Å². The number of aryl methyl sites for hydroxylation is 1. The second-order valence-electron chi connectivity index (χ2n) is 9.59. The Morgan fingerprint density at radius 1 is 0.886 bits per heavy atom. The number of fused-ring (bicyclic) bond motifs is 1. The monoisotopic (exact) mass is 536 g/mol. The first-order valence-corrected chi connectivity index (χ1v) is 13.4. The summed E-state index contributed by atoms with van der Waals surface area (Å²) in [6, 6.07) is 9.92. The zero-order valence-electron chi connectivity index (χ0n) is 20.0. The van der Waals surface area contributed by atoms with E-state index in [9.17, 15) is 4.79 Å². The van der Waals surface area contributed by atoms with Gasteiger partial charge in [0, 0.05) is 56.9 Å². The molecule has 0 saturated carbocycles. The van der Waals surface area contributed by atoms with Crippen LogP contribution in [0.4, 0.5) is 0 Å². The van der Waals surface area contributed by atoms with Gasteiger partial charge in [0.1, 0.15) is 0 Å². The fourth-order valence-corrected chi connectivity index (χ4v) is 5.86. The van der Waals surface area contributed by atoms with Crippen molar-refractivity contribution in [3.8, 4) is 0 Å². The Kier molecular flexibility index (Phi) is 7.78. The second-order valence-corrected chi connectivity index (χ2v) is 10.8. The number of benzene rings is 2. The summed E-state index contributed by atoms with van der Waals surface area (Å²) >= 11 is 18.9. The summed E-state index contributed by atoms with van der Waals surface area (Å²) in [6.07, 6.45) is 1.82. The van der Waals surface area contributed by atoms with E-state index in [0.717, 1.165) is 81.4 Å². The highest BCUT2D eigenvalue weighted by atomic mass is 35.5. The summed E-state index contributed by atoms with van der Waals surface area (Å²) in [6.45, 7) is 9.56.